The summed E-state index contributed by atoms with van der Waals surface area (Å²) in [5.41, 5.74) is 7.84. The lowest BCUT2D eigenvalue weighted by atomic mass is 10.3. The van der Waals surface area contributed by atoms with E-state index in [-0.39, 0.29) is 19.0 Å². The lowest BCUT2D eigenvalue weighted by Gasteiger charge is -2.19. The molecule has 0 unspecified atom stereocenters. The Kier molecular flexibility index (Phi) is 4.91. The van der Waals surface area contributed by atoms with E-state index in [1.165, 1.54) is 12.0 Å². The number of hydrogen-bond donors (Lipinski definition) is 1. The number of carbonyl (C=O) groups is 2. The topological polar surface area (TPSA) is 90.5 Å². The monoisotopic (exact) mass is 268 g/mol. The molecule has 7 heteroatoms. The zero-order valence-electron chi connectivity index (χ0n) is 11.8. The van der Waals surface area contributed by atoms with Crippen molar-refractivity contribution in [1.82, 2.24) is 14.7 Å². The fourth-order valence-electron chi connectivity index (χ4n) is 1.69. The molecule has 0 saturated carbocycles. The third-order valence-electron chi connectivity index (χ3n) is 3.00. The fraction of sp³-hybridized carbons (Fsp3) is 0.583. The largest absolute Gasteiger partial charge is 0.468 e. The Morgan fingerprint density at radius 1 is 1.42 bits per heavy atom. The van der Waals surface area contributed by atoms with Crippen LogP contribution in [0.1, 0.15) is 18.3 Å². The highest BCUT2D eigenvalue weighted by Gasteiger charge is 2.18. The summed E-state index contributed by atoms with van der Waals surface area (Å²) in [4.78, 5) is 24.7. The molecule has 0 radical (unpaired) electrons. The summed E-state index contributed by atoms with van der Waals surface area (Å²) in [5.74, 6) is -0.637. The molecular formula is C12H20N4O3. The summed E-state index contributed by atoms with van der Waals surface area (Å²) in [6.45, 7) is 5.84. The minimum Gasteiger partial charge on any atom is -0.468 e. The molecule has 0 aliphatic carbocycles. The molecule has 0 atom stereocenters. The summed E-state index contributed by atoms with van der Waals surface area (Å²) in [6, 6.07) is 0. The van der Waals surface area contributed by atoms with Crippen molar-refractivity contribution in [2.75, 3.05) is 25.9 Å². The highest BCUT2D eigenvalue weighted by molar-refractivity contribution is 5.82. The molecule has 19 heavy (non-hydrogen) atoms. The number of hydrogen-bond acceptors (Lipinski definition) is 5. The molecule has 2 N–H and O–H groups in total. The van der Waals surface area contributed by atoms with Crippen LogP contribution in [0.4, 0.5) is 5.69 Å². The molecule has 0 spiro atoms. The van der Waals surface area contributed by atoms with Gasteiger partial charge in [-0.05, 0) is 20.8 Å². The van der Waals surface area contributed by atoms with Crippen molar-refractivity contribution in [1.29, 1.82) is 0 Å². The zero-order valence-corrected chi connectivity index (χ0v) is 11.8. The number of rotatable bonds is 5. The van der Waals surface area contributed by atoms with Gasteiger partial charge in [0.25, 0.3) is 0 Å². The van der Waals surface area contributed by atoms with Crippen LogP contribution in [0.2, 0.25) is 0 Å². The fourth-order valence-corrected chi connectivity index (χ4v) is 1.69. The van der Waals surface area contributed by atoms with Crippen LogP contribution in [0, 0.1) is 13.8 Å². The number of aromatic nitrogens is 2. The summed E-state index contributed by atoms with van der Waals surface area (Å²) in [7, 11) is 1.29. The van der Waals surface area contributed by atoms with E-state index in [4.69, 9.17) is 5.73 Å². The number of esters is 1. The molecular weight excluding hydrogens is 248 g/mol. The predicted molar refractivity (Wildman–Crippen MR) is 70.4 cm³/mol. The van der Waals surface area contributed by atoms with Crippen LogP contribution in [-0.4, -0.2) is 46.8 Å². The number of carbonyl (C=O) groups excluding carboxylic acids is 2. The van der Waals surface area contributed by atoms with Crippen LogP contribution >= 0.6 is 0 Å². The highest BCUT2D eigenvalue weighted by atomic mass is 16.5. The van der Waals surface area contributed by atoms with Gasteiger partial charge in [0.15, 0.2) is 0 Å². The second kappa shape index (κ2) is 6.21. The van der Waals surface area contributed by atoms with Gasteiger partial charge in [0.05, 0.1) is 24.2 Å². The third-order valence-corrected chi connectivity index (χ3v) is 3.00. The van der Waals surface area contributed by atoms with Crippen molar-refractivity contribution in [2.24, 2.45) is 0 Å². The molecule has 0 saturated heterocycles. The van der Waals surface area contributed by atoms with E-state index in [9.17, 15) is 9.59 Å². The Hall–Kier alpha value is -2.05. The average molecular weight is 268 g/mol. The molecule has 0 aliphatic rings. The summed E-state index contributed by atoms with van der Waals surface area (Å²) >= 11 is 0. The van der Waals surface area contributed by atoms with Gasteiger partial charge in [-0.2, -0.15) is 5.10 Å². The van der Waals surface area contributed by atoms with Crippen LogP contribution in [0.25, 0.3) is 0 Å². The molecule has 106 valence electrons. The van der Waals surface area contributed by atoms with Crippen molar-refractivity contribution in [3.63, 3.8) is 0 Å². The predicted octanol–water partition coefficient (Wildman–Crippen LogP) is 0.104. The number of nitrogens with two attached hydrogens (primary N) is 1. The lowest BCUT2D eigenvalue weighted by Crippen LogP contribution is -2.38. The number of amides is 1. The molecule has 0 aromatic carbocycles. The van der Waals surface area contributed by atoms with Gasteiger partial charge in [0.2, 0.25) is 5.91 Å². The van der Waals surface area contributed by atoms with Crippen molar-refractivity contribution in [3.05, 3.63) is 11.4 Å². The van der Waals surface area contributed by atoms with E-state index in [2.05, 4.69) is 9.84 Å². The van der Waals surface area contributed by atoms with Gasteiger partial charge in [-0.3, -0.25) is 14.3 Å². The van der Waals surface area contributed by atoms with Gasteiger partial charge in [-0.1, -0.05) is 0 Å². The van der Waals surface area contributed by atoms with Gasteiger partial charge < -0.3 is 15.4 Å². The summed E-state index contributed by atoms with van der Waals surface area (Å²) < 4.78 is 6.10. The van der Waals surface area contributed by atoms with Gasteiger partial charge in [-0.25, -0.2) is 0 Å². The van der Waals surface area contributed by atoms with Gasteiger partial charge in [-0.15, -0.1) is 0 Å². The second-order valence-electron chi connectivity index (χ2n) is 4.23. The third kappa shape index (κ3) is 3.46. The van der Waals surface area contributed by atoms with Crippen LogP contribution < -0.4 is 5.73 Å². The maximum Gasteiger partial charge on any atom is 0.325 e. The molecule has 0 fully saturated rings. The number of aryl methyl sites for hydroxylation is 1. The highest BCUT2D eigenvalue weighted by Crippen LogP contribution is 2.14. The smallest absolute Gasteiger partial charge is 0.325 e. The molecule has 7 nitrogen and oxygen atoms in total. The van der Waals surface area contributed by atoms with E-state index in [0.717, 1.165) is 5.69 Å². The van der Waals surface area contributed by atoms with Crippen LogP contribution in [0.5, 0.6) is 0 Å². The average Bonchev–Trinajstić information content (AvgIpc) is 2.63. The van der Waals surface area contributed by atoms with E-state index in [0.29, 0.717) is 17.9 Å². The molecule has 0 aliphatic heterocycles. The van der Waals surface area contributed by atoms with Crippen LogP contribution in [0.3, 0.4) is 0 Å². The molecule has 1 amide bonds. The standard InChI is InChI=1S/C12H20N4O3/c1-5-15(7-11(18)19-4)10(17)6-16-9(3)12(13)8(2)14-16/h5-7,13H2,1-4H3. The van der Waals surface area contributed by atoms with Gasteiger partial charge >= 0.3 is 5.97 Å². The Morgan fingerprint density at radius 3 is 2.47 bits per heavy atom. The molecule has 1 aromatic rings. The SMILES string of the molecule is CCN(CC(=O)OC)C(=O)Cn1nc(C)c(N)c1C. The Morgan fingerprint density at radius 2 is 2.05 bits per heavy atom. The number of likely N-dealkylation sites (N-methyl/N-ethyl adjacent to an activating group) is 1. The van der Waals surface area contributed by atoms with Crippen molar-refractivity contribution < 1.29 is 14.3 Å². The summed E-state index contributed by atoms with van der Waals surface area (Å²) in [5, 5.41) is 4.19. The lowest BCUT2D eigenvalue weighted by molar-refractivity contribution is -0.147. The number of methoxy groups -OCH3 is 1. The van der Waals surface area contributed by atoms with Crippen molar-refractivity contribution >= 4 is 17.6 Å². The minimum absolute atomic E-state index is 0.0549. The first-order chi connectivity index (χ1) is 8.90. The van der Waals surface area contributed by atoms with Crippen LogP contribution in [0.15, 0.2) is 0 Å². The first-order valence-electron chi connectivity index (χ1n) is 6.04. The van der Waals surface area contributed by atoms with E-state index in [1.54, 1.807) is 25.5 Å². The van der Waals surface area contributed by atoms with Crippen molar-refractivity contribution in [2.45, 2.75) is 27.3 Å². The second-order valence-corrected chi connectivity index (χ2v) is 4.23. The number of ether oxygens (including phenoxy) is 1. The number of nitrogen functional groups attached to an aromatic ring is 1. The Balaban J connectivity index is 2.77. The normalized spacial score (nSPS) is 10.3. The van der Waals surface area contributed by atoms with E-state index in [1.807, 2.05) is 0 Å². The first-order valence-corrected chi connectivity index (χ1v) is 6.04. The van der Waals surface area contributed by atoms with Gasteiger partial charge in [0, 0.05) is 6.54 Å². The minimum atomic E-state index is -0.442. The van der Waals surface area contributed by atoms with Crippen LogP contribution in [-0.2, 0) is 20.9 Å². The van der Waals surface area contributed by atoms with Crippen molar-refractivity contribution in [3.8, 4) is 0 Å². The first kappa shape index (κ1) is 15.0. The summed E-state index contributed by atoms with van der Waals surface area (Å²) in [6.07, 6.45) is 0. The number of anilines is 1. The maximum atomic E-state index is 12.1. The zero-order chi connectivity index (χ0) is 14.6. The molecule has 0 bridgehead atoms. The molecule has 1 rings (SSSR count). The Labute approximate surface area is 112 Å². The maximum absolute atomic E-state index is 12.1. The Bertz CT molecular complexity index is 482. The number of nitrogens with zero attached hydrogens (tertiary/aromatic N) is 3. The quantitative estimate of drug-likeness (QED) is 0.765. The van der Waals surface area contributed by atoms with E-state index >= 15 is 0 Å². The molecule has 1 aromatic heterocycles. The van der Waals surface area contributed by atoms with E-state index < -0.39 is 5.97 Å². The van der Waals surface area contributed by atoms with Gasteiger partial charge in [0.1, 0.15) is 13.1 Å². The molecule has 1 heterocycles.